The van der Waals surface area contributed by atoms with E-state index in [9.17, 15) is 9.59 Å². The summed E-state index contributed by atoms with van der Waals surface area (Å²) in [6.07, 6.45) is -0.563. The summed E-state index contributed by atoms with van der Waals surface area (Å²) in [5.74, 6) is -0.0571. The van der Waals surface area contributed by atoms with Gasteiger partial charge in [0.05, 0.1) is 43.5 Å². The number of hydrogen-bond donors (Lipinski definition) is 1. The number of hydrogen-bond acceptors (Lipinski definition) is 6. The predicted octanol–water partition coefficient (Wildman–Crippen LogP) is 1.49. The van der Waals surface area contributed by atoms with E-state index in [0.717, 1.165) is 5.56 Å². The van der Waals surface area contributed by atoms with Gasteiger partial charge in [0.15, 0.2) is 0 Å². The largest absolute Gasteiger partial charge is 0.444 e. The Morgan fingerprint density at radius 2 is 1.79 bits per heavy atom. The minimum Gasteiger partial charge on any atom is -0.444 e. The van der Waals surface area contributed by atoms with Gasteiger partial charge in [-0.05, 0) is 38.5 Å². The first-order valence-corrected chi connectivity index (χ1v) is 9.83. The molecule has 0 saturated carbocycles. The minimum atomic E-state index is -0.524. The monoisotopic (exact) mass is 400 g/mol. The van der Waals surface area contributed by atoms with Gasteiger partial charge < -0.3 is 19.7 Å². The lowest BCUT2D eigenvalue weighted by Crippen LogP contribution is -2.61. The van der Waals surface area contributed by atoms with Crippen LogP contribution in [0.4, 0.5) is 4.79 Å². The summed E-state index contributed by atoms with van der Waals surface area (Å²) in [7, 11) is 0. The molecule has 3 rings (SSSR count). The van der Waals surface area contributed by atoms with Crippen LogP contribution in [0.1, 0.15) is 31.9 Å². The second-order valence-electron chi connectivity index (χ2n) is 8.54. The van der Waals surface area contributed by atoms with Gasteiger partial charge in [0, 0.05) is 19.6 Å². The van der Waals surface area contributed by atoms with Crippen LogP contribution >= 0.6 is 0 Å². The van der Waals surface area contributed by atoms with Gasteiger partial charge in [0.25, 0.3) is 0 Å². The quantitative estimate of drug-likeness (QED) is 0.823. The zero-order chi connectivity index (χ0) is 21.0. The maximum atomic E-state index is 12.3. The lowest BCUT2D eigenvalue weighted by molar-refractivity contribution is -0.143. The van der Waals surface area contributed by atoms with E-state index in [2.05, 4.69) is 16.3 Å². The number of carbonyl (C=O) groups excluding carboxylic acids is 2. The Labute approximate surface area is 171 Å². The van der Waals surface area contributed by atoms with E-state index in [1.807, 2.05) is 32.9 Å². The van der Waals surface area contributed by atoms with Gasteiger partial charge in [-0.2, -0.15) is 5.26 Å². The van der Waals surface area contributed by atoms with Crippen molar-refractivity contribution in [3.05, 3.63) is 35.4 Å². The van der Waals surface area contributed by atoms with Gasteiger partial charge in [-0.3, -0.25) is 9.69 Å². The summed E-state index contributed by atoms with van der Waals surface area (Å²) in [6, 6.07) is 9.22. The minimum absolute atomic E-state index is 0.0571. The number of nitriles is 1. The second-order valence-corrected chi connectivity index (χ2v) is 8.54. The molecule has 2 amide bonds. The highest BCUT2D eigenvalue weighted by atomic mass is 16.6. The molecule has 0 aliphatic carbocycles. The number of benzene rings is 1. The molecule has 2 aliphatic heterocycles. The molecule has 1 aromatic rings. The highest BCUT2D eigenvalue weighted by Gasteiger charge is 2.38. The summed E-state index contributed by atoms with van der Waals surface area (Å²) in [5, 5.41) is 11.7. The van der Waals surface area contributed by atoms with Crippen LogP contribution in [0.3, 0.4) is 0 Å². The van der Waals surface area contributed by atoms with Crippen molar-refractivity contribution in [3.63, 3.8) is 0 Å². The molecule has 0 spiro atoms. The van der Waals surface area contributed by atoms with Gasteiger partial charge in [0.2, 0.25) is 5.91 Å². The Morgan fingerprint density at radius 3 is 2.34 bits per heavy atom. The second kappa shape index (κ2) is 8.80. The predicted molar refractivity (Wildman–Crippen MR) is 106 cm³/mol. The first-order chi connectivity index (χ1) is 13.7. The lowest BCUT2D eigenvalue weighted by Gasteiger charge is -2.45. The molecule has 156 valence electrons. The number of nitrogens with zero attached hydrogens (tertiary/aromatic N) is 3. The lowest BCUT2D eigenvalue weighted by atomic mass is 10.1. The number of morpholine rings is 2. The number of amides is 2. The van der Waals surface area contributed by atoms with Gasteiger partial charge in [0.1, 0.15) is 5.60 Å². The van der Waals surface area contributed by atoms with Crippen LogP contribution in [0.15, 0.2) is 24.3 Å². The third-order valence-electron chi connectivity index (χ3n) is 4.75. The summed E-state index contributed by atoms with van der Waals surface area (Å²) >= 11 is 0. The van der Waals surface area contributed by atoms with E-state index in [-0.39, 0.29) is 24.2 Å². The molecule has 2 aliphatic rings. The first-order valence-electron chi connectivity index (χ1n) is 9.83. The standard InChI is InChI=1S/C21H28N4O4/c1-21(2,3)29-20(27)25-12-17-10-24(11-18(13-25)28-17)14-19(26)23-9-16-6-4-15(8-22)5-7-16/h4-7,17-18H,9-14H2,1-3H3,(H,23,26). The van der Waals surface area contributed by atoms with Crippen molar-refractivity contribution in [2.24, 2.45) is 0 Å². The van der Waals surface area contributed by atoms with Crippen molar-refractivity contribution in [2.45, 2.75) is 45.1 Å². The third-order valence-corrected chi connectivity index (χ3v) is 4.75. The Bertz CT molecular complexity index is 767. The Morgan fingerprint density at radius 1 is 1.17 bits per heavy atom. The molecule has 0 aromatic heterocycles. The fraction of sp³-hybridized carbons (Fsp3) is 0.571. The number of fused-ring (bicyclic) bond motifs is 2. The van der Waals surface area contributed by atoms with E-state index in [4.69, 9.17) is 14.7 Å². The molecule has 2 bridgehead atoms. The summed E-state index contributed by atoms with van der Waals surface area (Å²) < 4.78 is 11.4. The molecule has 29 heavy (non-hydrogen) atoms. The van der Waals surface area contributed by atoms with Crippen LogP contribution in [0.2, 0.25) is 0 Å². The Kier molecular flexibility index (Phi) is 6.40. The molecule has 2 atom stereocenters. The summed E-state index contributed by atoms with van der Waals surface area (Å²) in [6.45, 7) is 8.40. The van der Waals surface area contributed by atoms with Gasteiger partial charge in [-0.1, -0.05) is 12.1 Å². The van der Waals surface area contributed by atoms with Crippen molar-refractivity contribution >= 4 is 12.0 Å². The molecular formula is C21H28N4O4. The average Bonchev–Trinajstić information content (AvgIpc) is 2.64. The highest BCUT2D eigenvalue weighted by molar-refractivity contribution is 5.78. The molecule has 2 heterocycles. The molecular weight excluding hydrogens is 372 g/mol. The first kappa shape index (κ1) is 21.1. The molecule has 0 radical (unpaired) electrons. The van der Waals surface area contributed by atoms with Crippen molar-refractivity contribution < 1.29 is 19.1 Å². The van der Waals surface area contributed by atoms with Crippen molar-refractivity contribution in [3.8, 4) is 6.07 Å². The van der Waals surface area contributed by atoms with E-state index in [0.29, 0.717) is 44.8 Å². The van der Waals surface area contributed by atoms with Crippen LogP contribution in [0.25, 0.3) is 0 Å². The van der Waals surface area contributed by atoms with Crippen LogP contribution < -0.4 is 5.32 Å². The number of ether oxygens (including phenoxy) is 2. The van der Waals surface area contributed by atoms with Crippen LogP contribution in [0.5, 0.6) is 0 Å². The Balaban J connectivity index is 1.45. The van der Waals surface area contributed by atoms with Crippen LogP contribution in [-0.2, 0) is 20.8 Å². The molecule has 2 unspecified atom stereocenters. The fourth-order valence-electron chi connectivity index (χ4n) is 3.54. The zero-order valence-corrected chi connectivity index (χ0v) is 17.2. The maximum absolute atomic E-state index is 12.3. The van der Waals surface area contributed by atoms with Gasteiger partial charge >= 0.3 is 6.09 Å². The molecule has 1 aromatic carbocycles. The molecule has 8 nitrogen and oxygen atoms in total. The number of nitrogens with one attached hydrogen (secondary N) is 1. The van der Waals surface area contributed by atoms with E-state index in [1.165, 1.54) is 0 Å². The third kappa shape index (κ3) is 6.17. The van der Waals surface area contributed by atoms with Crippen molar-refractivity contribution in [2.75, 3.05) is 32.7 Å². The van der Waals surface area contributed by atoms with Crippen molar-refractivity contribution in [1.82, 2.24) is 15.1 Å². The topological polar surface area (TPSA) is 94.9 Å². The zero-order valence-electron chi connectivity index (χ0n) is 17.2. The average molecular weight is 400 g/mol. The van der Waals surface area contributed by atoms with Crippen molar-refractivity contribution in [1.29, 1.82) is 5.26 Å². The van der Waals surface area contributed by atoms with E-state index >= 15 is 0 Å². The van der Waals surface area contributed by atoms with Gasteiger partial charge in [-0.25, -0.2) is 4.79 Å². The number of rotatable bonds is 4. The highest BCUT2D eigenvalue weighted by Crippen LogP contribution is 2.21. The summed E-state index contributed by atoms with van der Waals surface area (Å²) in [5.41, 5.74) is 1.02. The Hall–Kier alpha value is -2.63. The van der Waals surface area contributed by atoms with E-state index < -0.39 is 5.60 Å². The molecule has 2 fully saturated rings. The molecule has 1 N–H and O–H groups in total. The van der Waals surface area contributed by atoms with Gasteiger partial charge in [-0.15, -0.1) is 0 Å². The molecule has 2 saturated heterocycles. The van der Waals surface area contributed by atoms with E-state index in [1.54, 1.807) is 17.0 Å². The summed E-state index contributed by atoms with van der Waals surface area (Å²) in [4.78, 5) is 28.4. The SMILES string of the molecule is CC(C)(C)OC(=O)N1CC2CN(CC(=O)NCc3ccc(C#N)cc3)CC(C1)O2. The maximum Gasteiger partial charge on any atom is 0.410 e. The van der Waals surface area contributed by atoms with Crippen LogP contribution in [-0.4, -0.2) is 72.3 Å². The van der Waals surface area contributed by atoms with Crippen LogP contribution in [0, 0.1) is 11.3 Å². The number of carbonyl (C=O) groups is 2. The fourth-order valence-corrected chi connectivity index (χ4v) is 3.54. The smallest absolute Gasteiger partial charge is 0.410 e. The normalized spacial score (nSPS) is 21.9. The molecule has 8 heteroatoms.